The van der Waals surface area contributed by atoms with Gasteiger partial charge >= 0.3 is 11.3 Å². The molecular weight excluding hydrogens is 347 g/mol. The van der Waals surface area contributed by atoms with Crippen LogP contribution in [0.3, 0.4) is 0 Å². The Hall–Kier alpha value is -1.30. The summed E-state index contributed by atoms with van der Waals surface area (Å²) < 4.78 is 42.6. The Bertz CT molecular complexity index is 714. The molecular formula is C14H17ClF2N3O2P. The van der Waals surface area contributed by atoms with Gasteiger partial charge in [0.25, 0.3) is 0 Å². The zero-order valence-corrected chi connectivity index (χ0v) is 14.5. The van der Waals surface area contributed by atoms with Crippen LogP contribution in [0.5, 0.6) is 0 Å². The highest BCUT2D eigenvalue weighted by Gasteiger charge is 2.35. The highest BCUT2D eigenvalue weighted by Crippen LogP contribution is 2.41. The van der Waals surface area contributed by atoms with E-state index in [2.05, 4.69) is 19.8 Å². The van der Waals surface area contributed by atoms with E-state index < -0.39 is 18.6 Å². The minimum absolute atomic E-state index is 0.0202. The molecule has 1 N–H and O–H groups in total. The third kappa shape index (κ3) is 5.09. The molecule has 23 heavy (non-hydrogen) atoms. The summed E-state index contributed by atoms with van der Waals surface area (Å²) in [5.41, 5.74) is 1.37. The van der Waals surface area contributed by atoms with Gasteiger partial charge in [-0.05, 0) is 31.0 Å². The van der Waals surface area contributed by atoms with Crippen LogP contribution < -0.4 is 5.09 Å². The Balaban J connectivity index is 2.14. The Kier molecular flexibility index (Phi) is 5.23. The normalized spacial score (nSPS) is 14.9. The number of nitrogens with one attached hydrogen (secondary N) is 1. The predicted molar refractivity (Wildman–Crippen MR) is 85.0 cm³/mol. The van der Waals surface area contributed by atoms with Crippen LogP contribution in [-0.2, 0) is 16.1 Å². The van der Waals surface area contributed by atoms with Crippen molar-refractivity contribution in [1.82, 2.24) is 15.2 Å². The first-order valence-corrected chi connectivity index (χ1v) is 9.63. The average molecular weight is 364 g/mol. The number of aromatic nitrogens is 2. The van der Waals surface area contributed by atoms with Crippen molar-refractivity contribution in [3.63, 3.8) is 0 Å². The summed E-state index contributed by atoms with van der Waals surface area (Å²) in [7, 11) is -2.49. The number of benzene rings is 1. The first-order valence-electron chi connectivity index (χ1n) is 6.91. The predicted octanol–water partition coefficient (Wildman–Crippen LogP) is 4.43. The summed E-state index contributed by atoms with van der Waals surface area (Å²) in [4.78, 5) is 3.57. The van der Waals surface area contributed by atoms with E-state index in [1.54, 1.807) is 30.9 Å². The lowest BCUT2D eigenvalue weighted by molar-refractivity contribution is 0.0551. The second kappa shape index (κ2) is 6.67. The van der Waals surface area contributed by atoms with Crippen molar-refractivity contribution < 1.29 is 17.9 Å². The third-order valence-corrected chi connectivity index (χ3v) is 5.09. The Labute approximate surface area is 137 Å². The second-order valence-electron chi connectivity index (χ2n) is 5.66. The molecule has 1 aromatic heterocycles. The van der Waals surface area contributed by atoms with Gasteiger partial charge < -0.3 is 9.09 Å². The molecule has 0 spiro atoms. The molecule has 1 unspecified atom stereocenters. The quantitative estimate of drug-likeness (QED) is 0.607. The van der Waals surface area contributed by atoms with Crippen LogP contribution in [0, 0.1) is 0 Å². The Morgan fingerprint density at radius 3 is 2.43 bits per heavy atom. The summed E-state index contributed by atoms with van der Waals surface area (Å²) in [6.45, 7) is 5.55. The second-order valence-corrected chi connectivity index (χ2v) is 8.91. The van der Waals surface area contributed by atoms with E-state index in [4.69, 9.17) is 11.6 Å². The zero-order chi connectivity index (χ0) is 17.3. The highest BCUT2D eigenvalue weighted by atomic mass is 35.5. The molecule has 1 aromatic carbocycles. The maximum atomic E-state index is 12.9. The van der Waals surface area contributed by atoms with Gasteiger partial charge in [0.1, 0.15) is 7.29 Å². The van der Waals surface area contributed by atoms with Gasteiger partial charge in [-0.15, -0.1) is 0 Å². The van der Waals surface area contributed by atoms with Crippen LogP contribution >= 0.6 is 18.9 Å². The van der Waals surface area contributed by atoms with E-state index in [0.29, 0.717) is 11.7 Å². The molecule has 0 aliphatic heterocycles. The van der Waals surface area contributed by atoms with Crippen LogP contribution in [0.25, 0.3) is 11.4 Å². The minimum atomic E-state index is -3.69. The van der Waals surface area contributed by atoms with E-state index in [9.17, 15) is 13.3 Å². The molecule has 1 heterocycles. The highest BCUT2D eigenvalue weighted by molar-refractivity contribution is 7.60. The fraction of sp³-hybridized carbons (Fsp3) is 0.429. The number of hydrogen-bond acceptors (Lipinski definition) is 4. The maximum absolute atomic E-state index is 12.9. The Morgan fingerprint density at radius 2 is 1.96 bits per heavy atom. The Morgan fingerprint density at radius 1 is 1.35 bits per heavy atom. The van der Waals surface area contributed by atoms with E-state index in [1.165, 1.54) is 0 Å². The van der Waals surface area contributed by atoms with E-state index >= 15 is 0 Å². The summed E-state index contributed by atoms with van der Waals surface area (Å²) in [6, 6.07) is 6.95. The number of alkyl halides is 3. The molecule has 0 aliphatic carbocycles. The van der Waals surface area contributed by atoms with Crippen molar-refractivity contribution in [2.24, 2.45) is 0 Å². The maximum Gasteiger partial charge on any atom is 0.400 e. The van der Waals surface area contributed by atoms with E-state index in [1.807, 2.05) is 13.8 Å². The first-order chi connectivity index (χ1) is 10.6. The minimum Gasteiger partial charge on any atom is -0.331 e. The zero-order valence-electron chi connectivity index (χ0n) is 12.9. The van der Waals surface area contributed by atoms with Gasteiger partial charge in [0, 0.05) is 24.4 Å². The summed E-state index contributed by atoms with van der Waals surface area (Å²) in [5, 5.41) is 2.84. The molecule has 1 atom stereocenters. The van der Waals surface area contributed by atoms with E-state index in [-0.39, 0.29) is 11.9 Å². The smallest absolute Gasteiger partial charge is 0.331 e. The topological polar surface area (TPSA) is 68.0 Å². The molecule has 0 aliphatic rings. The molecule has 0 fully saturated rings. The summed E-state index contributed by atoms with van der Waals surface area (Å²) in [6.07, 6.45) is 0.392. The van der Waals surface area contributed by atoms with Crippen LogP contribution in [0.4, 0.5) is 8.78 Å². The third-order valence-electron chi connectivity index (χ3n) is 2.90. The number of hydrogen-bond donors (Lipinski definition) is 1. The first kappa shape index (κ1) is 18.0. The molecule has 9 heteroatoms. The SMILES string of the molecule is CC(C)NP(C)(=O)Cc1ccc(-c2noc(C(F)(F)Cl)n2)cc1. The van der Waals surface area contributed by atoms with Gasteiger partial charge in [-0.25, -0.2) is 0 Å². The van der Waals surface area contributed by atoms with Gasteiger partial charge in [-0.1, -0.05) is 29.4 Å². The lowest BCUT2D eigenvalue weighted by Crippen LogP contribution is -2.19. The van der Waals surface area contributed by atoms with Crippen molar-refractivity contribution in [2.75, 3.05) is 6.66 Å². The molecule has 126 valence electrons. The van der Waals surface area contributed by atoms with Gasteiger partial charge in [0.2, 0.25) is 5.82 Å². The molecule has 0 saturated heterocycles. The van der Waals surface area contributed by atoms with Crippen LogP contribution in [-0.4, -0.2) is 22.8 Å². The van der Waals surface area contributed by atoms with Gasteiger partial charge in [-0.2, -0.15) is 13.8 Å². The standard InChI is InChI=1S/C14H17ClF2N3O2P/c1-9(2)20-23(3,21)8-10-4-6-11(7-5-10)12-18-13(22-19-12)14(15,16)17/h4-7,9H,8H2,1-3H3,(H,20,21). The van der Waals surface area contributed by atoms with Crippen molar-refractivity contribution >= 4 is 18.9 Å². The van der Waals surface area contributed by atoms with Crippen LogP contribution in [0.1, 0.15) is 25.3 Å². The fourth-order valence-corrected chi connectivity index (χ4v) is 4.32. The monoisotopic (exact) mass is 363 g/mol. The lowest BCUT2D eigenvalue weighted by Gasteiger charge is -2.17. The lowest BCUT2D eigenvalue weighted by atomic mass is 10.1. The van der Waals surface area contributed by atoms with Gasteiger partial charge in [0.05, 0.1) is 0 Å². The summed E-state index contributed by atoms with van der Waals surface area (Å²) in [5.74, 6) is -0.927. The molecule has 0 amide bonds. The van der Waals surface area contributed by atoms with Crippen LogP contribution in [0.15, 0.2) is 28.8 Å². The van der Waals surface area contributed by atoms with Crippen molar-refractivity contribution in [1.29, 1.82) is 0 Å². The van der Waals surface area contributed by atoms with Crippen LogP contribution in [0.2, 0.25) is 0 Å². The van der Waals surface area contributed by atoms with E-state index in [0.717, 1.165) is 5.56 Å². The molecule has 2 rings (SSSR count). The largest absolute Gasteiger partial charge is 0.400 e. The molecule has 5 nitrogen and oxygen atoms in total. The molecule has 2 aromatic rings. The number of rotatable bonds is 6. The molecule has 0 bridgehead atoms. The number of halogens is 3. The molecule has 0 saturated carbocycles. The van der Waals surface area contributed by atoms with Gasteiger partial charge in [-0.3, -0.25) is 5.09 Å². The van der Waals surface area contributed by atoms with Crippen molar-refractivity contribution in [2.45, 2.75) is 31.4 Å². The summed E-state index contributed by atoms with van der Waals surface area (Å²) >= 11 is 4.83. The van der Waals surface area contributed by atoms with Crippen molar-refractivity contribution in [3.05, 3.63) is 35.7 Å². The fourth-order valence-electron chi connectivity index (χ4n) is 2.16. The number of nitrogens with zero attached hydrogens (tertiary/aromatic N) is 2. The average Bonchev–Trinajstić information content (AvgIpc) is 2.86. The van der Waals surface area contributed by atoms with Crippen molar-refractivity contribution in [3.8, 4) is 11.4 Å². The van der Waals surface area contributed by atoms with Gasteiger partial charge in [0.15, 0.2) is 0 Å². The molecule has 0 radical (unpaired) electrons.